The largest absolute Gasteiger partial charge is 0.495 e. The number of anilines is 1. The van der Waals surface area contributed by atoms with Crippen LogP contribution >= 0.6 is 11.6 Å². The normalized spacial score (nSPS) is 19.4. The number of rotatable bonds is 6. The fourth-order valence-corrected chi connectivity index (χ4v) is 5.65. The van der Waals surface area contributed by atoms with E-state index in [1.807, 2.05) is 24.3 Å². The van der Waals surface area contributed by atoms with E-state index in [4.69, 9.17) is 21.1 Å². The fourth-order valence-electron chi connectivity index (χ4n) is 5.48. The minimum absolute atomic E-state index is 0.152. The molecule has 1 atom stereocenters. The number of para-hydroxylation sites is 2. The molecule has 2 fully saturated rings. The van der Waals surface area contributed by atoms with Gasteiger partial charge in [0.1, 0.15) is 11.5 Å². The Hall–Kier alpha value is -4.06. The van der Waals surface area contributed by atoms with Crippen LogP contribution in [-0.4, -0.2) is 83.6 Å². The second-order valence-corrected chi connectivity index (χ2v) is 10.6. The molecule has 42 heavy (non-hydrogen) atoms. The Balaban J connectivity index is 1.41. The lowest BCUT2D eigenvalue weighted by Crippen LogP contribution is -2.64. The van der Waals surface area contributed by atoms with Gasteiger partial charge in [0, 0.05) is 57.4 Å². The summed E-state index contributed by atoms with van der Waals surface area (Å²) in [5.41, 5.74) is -2.32. The predicted molar refractivity (Wildman–Crippen MR) is 149 cm³/mol. The molecular formula is C29H29ClF3N5O4. The number of piperazine rings is 1. The van der Waals surface area contributed by atoms with Gasteiger partial charge in [0.2, 0.25) is 5.60 Å². The Labute approximate surface area is 245 Å². The van der Waals surface area contributed by atoms with Gasteiger partial charge in [-0.3, -0.25) is 19.6 Å². The standard InChI is InChI=1S/C29H29ClF3N5O4/c1-41-25-6-3-2-5-24(25)36-11-13-37(14-12-36)27(40)28(42-21-15-20(30)16-35-17-21)8-4-10-38(19-28)26(39)22-18-34-9-7-23(22)29(31,32)33/h2-3,5-7,9,15-18H,4,8,10-14,19H2,1H3. The number of nitrogens with zero attached hydrogens (tertiary/aromatic N) is 5. The third-order valence-electron chi connectivity index (χ3n) is 7.47. The summed E-state index contributed by atoms with van der Waals surface area (Å²) < 4.78 is 52.9. The number of ether oxygens (including phenoxy) is 2. The summed E-state index contributed by atoms with van der Waals surface area (Å²) in [6, 6.07) is 9.89. The van der Waals surface area contributed by atoms with Gasteiger partial charge in [0.25, 0.3) is 11.8 Å². The molecular weight excluding hydrogens is 575 g/mol. The molecule has 3 aromatic rings. The van der Waals surface area contributed by atoms with Crippen LogP contribution in [0.3, 0.4) is 0 Å². The Morgan fingerprint density at radius 2 is 1.74 bits per heavy atom. The van der Waals surface area contributed by atoms with Gasteiger partial charge < -0.3 is 24.2 Å². The van der Waals surface area contributed by atoms with Gasteiger partial charge >= 0.3 is 6.18 Å². The summed E-state index contributed by atoms with van der Waals surface area (Å²) in [7, 11) is 1.60. The van der Waals surface area contributed by atoms with E-state index in [1.54, 1.807) is 12.0 Å². The minimum atomic E-state index is -4.75. The molecule has 13 heteroatoms. The summed E-state index contributed by atoms with van der Waals surface area (Å²) >= 11 is 6.12. The molecule has 222 valence electrons. The van der Waals surface area contributed by atoms with Crippen LogP contribution in [0.15, 0.2) is 61.2 Å². The Morgan fingerprint density at radius 3 is 2.45 bits per heavy atom. The maximum Gasteiger partial charge on any atom is 0.417 e. The zero-order valence-corrected chi connectivity index (χ0v) is 23.6. The number of aromatic nitrogens is 2. The molecule has 9 nitrogen and oxygen atoms in total. The highest BCUT2D eigenvalue weighted by atomic mass is 35.5. The molecule has 0 N–H and O–H groups in total. The average Bonchev–Trinajstić information content (AvgIpc) is 3.00. The van der Waals surface area contributed by atoms with E-state index in [-0.39, 0.29) is 36.2 Å². The van der Waals surface area contributed by atoms with E-state index in [0.29, 0.717) is 32.6 Å². The second kappa shape index (κ2) is 12.0. The molecule has 1 aromatic carbocycles. The first-order valence-corrected chi connectivity index (χ1v) is 13.8. The third kappa shape index (κ3) is 6.08. The average molecular weight is 604 g/mol. The molecule has 0 aliphatic carbocycles. The number of carbonyl (C=O) groups excluding carboxylic acids is 2. The summed E-state index contributed by atoms with van der Waals surface area (Å²) in [4.78, 5) is 40.5. The Kier molecular flexibility index (Phi) is 8.44. The highest BCUT2D eigenvalue weighted by Gasteiger charge is 2.49. The van der Waals surface area contributed by atoms with Gasteiger partial charge in [-0.25, -0.2) is 0 Å². The van der Waals surface area contributed by atoms with Crippen LogP contribution in [0.1, 0.15) is 28.8 Å². The number of amides is 2. The summed E-state index contributed by atoms with van der Waals surface area (Å²) in [6.07, 6.45) is 0.538. The lowest BCUT2D eigenvalue weighted by atomic mass is 9.89. The number of hydrogen-bond acceptors (Lipinski definition) is 7. The molecule has 5 rings (SSSR count). The highest BCUT2D eigenvalue weighted by molar-refractivity contribution is 6.30. The van der Waals surface area contributed by atoms with Crippen LogP contribution in [0, 0.1) is 0 Å². The van der Waals surface area contributed by atoms with Crippen molar-refractivity contribution in [1.29, 1.82) is 0 Å². The molecule has 0 saturated carbocycles. The van der Waals surface area contributed by atoms with Crippen LogP contribution in [0.5, 0.6) is 11.5 Å². The fraction of sp³-hybridized carbons (Fsp3) is 0.379. The van der Waals surface area contributed by atoms with Crippen molar-refractivity contribution in [3.8, 4) is 11.5 Å². The number of hydrogen-bond donors (Lipinski definition) is 0. The highest BCUT2D eigenvalue weighted by Crippen LogP contribution is 2.35. The zero-order valence-electron chi connectivity index (χ0n) is 22.8. The predicted octanol–water partition coefficient (Wildman–Crippen LogP) is 4.56. The van der Waals surface area contributed by atoms with E-state index >= 15 is 0 Å². The lowest BCUT2D eigenvalue weighted by molar-refractivity contribution is -0.153. The molecule has 4 heterocycles. The van der Waals surface area contributed by atoms with Crippen molar-refractivity contribution in [2.24, 2.45) is 0 Å². The Bertz CT molecular complexity index is 1450. The van der Waals surface area contributed by atoms with Gasteiger partial charge in [-0.1, -0.05) is 23.7 Å². The second-order valence-electron chi connectivity index (χ2n) is 10.1. The maximum absolute atomic E-state index is 14.2. The first-order valence-electron chi connectivity index (χ1n) is 13.4. The molecule has 2 saturated heterocycles. The smallest absolute Gasteiger partial charge is 0.417 e. The minimum Gasteiger partial charge on any atom is -0.495 e. The quantitative estimate of drug-likeness (QED) is 0.408. The van der Waals surface area contributed by atoms with Crippen molar-refractivity contribution < 1.29 is 32.2 Å². The van der Waals surface area contributed by atoms with Gasteiger partial charge in [-0.15, -0.1) is 0 Å². The van der Waals surface area contributed by atoms with E-state index in [9.17, 15) is 22.8 Å². The Morgan fingerprint density at radius 1 is 0.976 bits per heavy atom. The van der Waals surface area contributed by atoms with E-state index < -0.39 is 28.8 Å². The number of benzene rings is 1. The van der Waals surface area contributed by atoms with Crippen LogP contribution < -0.4 is 14.4 Å². The SMILES string of the molecule is COc1ccccc1N1CCN(C(=O)C2(Oc3cncc(Cl)c3)CCCN(C(=O)c3cnccc3C(F)(F)F)C2)CC1. The topological polar surface area (TPSA) is 88.1 Å². The van der Waals surface area contributed by atoms with Crippen LogP contribution in [0.25, 0.3) is 0 Å². The van der Waals surface area contributed by atoms with Gasteiger partial charge in [-0.05, 0) is 31.0 Å². The number of alkyl halides is 3. The van der Waals surface area contributed by atoms with Crippen molar-refractivity contribution in [1.82, 2.24) is 19.8 Å². The van der Waals surface area contributed by atoms with Gasteiger partial charge in [-0.2, -0.15) is 13.2 Å². The third-order valence-corrected chi connectivity index (χ3v) is 7.68. The number of pyridine rings is 2. The van der Waals surface area contributed by atoms with Gasteiger partial charge in [0.05, 0.1) is 41.7 Å². The number of likely N-dealkylation sites (tertiary alicyclic amines) is 1. The van der Waals surface area contributed by atoms with Crippen molar-refractivity contribution >= 4 is 29.1 Å². The van der Waals surface area contributed by atoms with E-state index in [0.717, 1.165) is 29.9 Å². The van der Waals surface area contributed by atoms with E-state index in [1.165, 1.54) is 23.4 Å². The molecule has 2 amide bonds. The van der Waals surface area contributed by atoms with Crippen molar-refractivity contribution in [2.45, 2.75) is 24.6 Å². The monoisotopic (exact) mass is 603 g/mol. The van der Waals surface area contributed by atoms with Crippen molar-refractivity contribution in [3.63, 3.8) is 0 Å². The zero-order chi connectivity index (χ0) is 29.9. The maximum atomic E-state index is 14.2. The molecule has 1 unspecified atom stereocenters. The lowest BCUT2D eigenvalue weighted by Gasteiger charge is -2.45. The molecule has 2 aliphatic heterocycles. The first-order chi connectivity index (χ1) is 20.1. The summed E-state index contributed by atoms with van der Waals surface area (Å²) in [5.74, 6) is -0.293. The first kappa shape index (κ1) is 29.4. The summed E-state index contributed by atoms with van der Waals surface area (Å²) in [5, 5.41) is 0.287. The number of carbonyl (C=O) groups is 2. The molecule has 0 spiro atoms. The number of methoxy groups -OCH3 is 1. The number of halogens is 4. The summed E-state index contributed by atoms with van der Waals surface area (Å²) in [6.45, 7) is 1.67. The van der Waals surface area contributed by atoms with E-state index in [2.05, 4.69) is 14.9 Å². The van der Waals surface area contributed by atoms with Gasteiger partial charge in [0.15, 0.2) is 0 Å². The number of piperidine rings is 1. The van der Waals surface area contributed by atoms with Crippen molar-refractivity contribution in [2.75, 3.05) is 51.3 Å². The van der Waals surface area contributed by atoms with Crippen LogP contribution in [-0.2, 0) is 11.0 Å². The molecule has 2 aromatic heterocycles. The van der Waals surface area contributed by atoms with Crippen LogP contribution in [0.2, 0.25) is 5.02 Å². The van der Waals surface area contributed by atoms with Crippen LogP contribution in [0.4, 0.5) is 18.9 Å². The molecule has 2 aliphatic rings. The van der Waals surface area contributed by atoms with Crippen molar-refractivity contribution in [3.05, 3.63) is 77.3 Å². The molecule has 0 bridgehead atoms. The molecule has 0 radical (unpaired) electrons.